The molecule has 1 aromatic carbocycles. The lowest BCUT2D eigenvalue weighted by Crippen LogP contribution is -2.26. The molecule has 1 fully saturated rings. The lowest BCUT2D eigenvalue weighted by atomic mass is 9.83. The molecule has 0 unspecified atom stereocenters. The monoisotopic (exact) mass is 283 g/mol. The van der Waals surface area contributed by atoms with Crippen LogP contribution in [-0.4, -0.2) is 12.7 Å². The molecule has 0 aromatic heterocycles. The van der Waals surface area contributed by atoms with E-state index in [-0.39, 0.29) is 5.75 Å². The molecule has 20 heavy (non-hydrogen) atoms. The van der Waals surface area contributed by atoms with Gasteiger partial charge in [0.1, 0.15) is 5.75 Å². The highest BCUT2D eigenvalue weighted by molar-refractivity contribution is 5.47. The van der Waals surface area contributed by atoms with Gasteiger partial charge < -0.3 is 10.1 Å². The van der Waals surface area contributed by atoms with Gasteiger partial charge in [0.25, 0.3) is 0 Å². The lowest BCUT2D eigenvalue weighted by Gasteiger charge is -2.29. The van der Waals surface area contributed by atoms with Gasteiger partial charge in [0.15, 0.2) is 0 Å². The van der Waals surface area contributed by atoms with E-state index in [1.54, 1.807) is 24.3 Å². The molecule has 0 amide bonds. The molecule has 1 aliphatic rings. The van der Waals surface area contributed by atoms with Crippen molar-refractivity contribution in [2.45, 2.75) is 58.1 Å². The Morgan fingerprint density at radius 2 is 1.80 bits per heavy atom. The highest BCUT2D eigenvalue weighted by Crippen LogP contribution is 2.29. The predicted molar refractivity (Wildman–Crippen MR) is 77.4 cm³/mol. The fraction of sp³-hybridized carbons (Fsp3) is 0.625. The largest absolute Gasteiger partial charge is 0.435 e. The van der Waals surface area contributed by atoms with E-state index in [2.05, 4.69) is 17.0 Å². The Balaban J connectivity index is 1.79. The number of hydrogen-bond acceptors (Lipinski definition) is 2. The fourth-order valence-electron chi connectivity index (χ4n) is 2.97. The first kappa shape index (κ1) is 15.1. The molecule has 0 spiro atoms. The van der Waals surface area contributed by atoms with Gasteiger partial charge in [-0.1, -0.05) is 19.8 Å². The Kier molecular flexibility index (Phi) is 5.62. The first-order valence-corrected chi connectivity index (χ1v) is 7.48. The second-order valence-corrected chi connectivity index (χ2v) is 5.55. The minimum absolute atomic E-state index is 0.206. The quantitative estimate of drug-likeness (QED) is 0.788. The van der Waals surface area contributed by atoms with E-state index in [0.29, 0.717) is 6.04 Å². The van der Waals surface area contributed by atoms with Crippen LogP contribution in [0.15, 0.2) is 24.3 Å². The van der Waals surface area contributed by atoms with Crippen LogP contribution in [0, 0.1) is 5.92 Å². The van der Waals surface area contributed by atoms with Gasteiger partial charge in [-0.3, -0.25) is 0 Å². The number of benzene rings is 1. The Bertz CT molecular complexity index is 386. The summed E-state index contributed by atoms with van der Waals surface area (Å²) < 4.78 is 28.4. The van der Waals surface area contributed by atoms with Crippen molar-refractivity contribution in [3.63, 3.8) is 0 Å². The SMILES string of the molecule is CCCC1CCC(Nc2ccc(OC(F)F)cc2)CC1. The van der Waals surface area contributed by atoms with Gasteiger partial charge in [0, 0.05) is 11.7 Å². The zero-order valence-electron chi connectivity index (χ0n) is 11.9. The van der Waals surface area contributed by atoms with Crippen molar-refractivity contribution in [1.29, 1.82) is 0 Å². The molecule has 1 aromatic rings. The van der Waals surface area contributed by atoms with Crippen LogP contribution in [-0.2, 0) is 0 Å². The summed E-state index contributed by atoms with van der Waals surface area (Å²) in [5.74, 6) is 1.09. The van der Waals surface area contributed by atoms with E-state index < -0.39 is 6.61 Å². The normalized spacial score (nSPS) is 22.8. The molecule has 0 heterocycles. The van der Waals surface area contributed by atoms with Gasteiger partial charge >= 0.3 is 6.61 Å². The van der Waals surface area contributed by atoms with E-state index in [1.165, 1.54) is 38.5 Å². The second-order valence-electron chi connectivity index (χ2n) is 5.55. The molecular formula is C16H23F2NO. The standard InChI is InChI=1S/C16H23F2NO/c1-2-3-12-4-6-13(7-5-12)19-14-8-10-15(11-9-14)20-16(17)18/h8-13,16,19H,2-7H2,1H3. The van der Waals surface area contributed by atoms with Gasteiger partial charge in [-0.15, -0.1) is 0 Å². The van der Waals surface area contributed by atoms with Crippen LogP contribution in [0.3, 0.4) is 0 Å². The van der Waals surface area contributed by atoms with Gasteiger partial charge in [0.2, 0.25) is 0 Å². The third-order valence-corrected chi connectivity index (χ3v) is 3.99. The molecule has 112 valence electrons. The van der Waals surface area contributed by atoms with Crippen molar-refractivity contribution in [2.24, 2.45) is 5.92 Å². The zero-order chi connectivity index (χ0) is 14.4. The second kappa shape index (κ2) is 7.46. The summed E-state index contributed by atoms with van der Waals surface area (Å²) in [6, 6.07) is 7.27. The molecule has 0 saturated heterocycles. The Labute approximate surface area is 119 Å². The van der Waals surface area contributed by atoms with Gasteiger partial charge in [0.05, 0.1) is 0 Å². The molecule has 0 radical (unpaired) electrons. The number of alkyl halides is 2. The number of ether oxygens (including phenoxy) is 1. The summed E-state index contributed by atoms with van der Waals surface area (Å²) in [6.07, 6.45) is 7.58. The average molecular weight is 283 g/mol. The first-order chi connectivity index (χ1) is 9.67. The molecule has 2 rings (SSSR count). The minimum Gasteiger partial charge on any atom is -0.435 e. The molecule has 0 aliphatic heterocycles. The summed E-state index contributed by atoms with van der Waals surface area (Å²) in [5, 5.41) is 3.48. The number of rotatable bonds is 6. The Morgan fingerprint density at radius 1 is 1.15 bits per heavy atom. The molecule has 1 aliphatic carbocycles. The van der Waals surface area contributed by atoms with Gasteiger partial charge in [-0.05, 0) is 55.9 Å². The van der Waals surface area contributed by atoms with Gasteiger partial charge in [-0.25, -0.2) is 0 Å². The first-order valence-electron chi connectivity index (χ1n) is 7.48. The summed E-state index contributed by atoms with van der Waals surface area (Å²) >= 11 is 0. The highest BCUT2D eigenvalue weighted by Gasteiger charge is 2.20. The van der Waals surface area contributed by atoms with E-state index >= 15 is 0 Å². The van der Waals surface area contributed by atoms with Crippen molar-refractivity contribution in [2.75, 3.05) is 5.32 Å². The number of nitrogens with one attached hydrogen (secondary N) is 1. The smallest absolute Gasteiger partial charge is 0.387 e. The van der Waals surface area contributed by atoms with Gasteiger partial charge in [-0.2, -0.15) is 8.78 Å². The zero-order valence-corrected chi connectivity index (χ0v) is 11.9. The third kappa shape index (κ3) is 4.66. The van der Waals surface area contributed by atoms with Crippen molar-refractivity contribution < 1.29 is 13.5 Å². The maximum Gasteiger partial charge on any atom is 0.387 e. The fourth-order valence-corrected chi connectivity index (χ4v) is 2.97. The van der Waals surface area contributed by atoms with Crippen molar-refractivity contribution in [3.05, 3.63) is 24.3 Å². The molecule has 4 heteroatoms. The molecule has 1 N–H and O–H groups in total. The van der Waals surface area contributed by atoms with Crippen molar-refractivity contribution >= 4 is 5.69 Å². The topological polar surface area (TPSA) is 21.3 Å². The van der Waals surface area contributed by atoms with E-state index in [9.17, 15) is 8.78 Å². The summed E-state index contributed by atoms with van der Waals surface area (Å²) in [5.41, 5.74) is 0.977. The maximum absolute atomic E-state index is 12.1. The molecule has 1 saturated carbocycles. The third-order valence-electron chi connectivity index (χ3n) is 3.99. The van der Waals surface area contributed by atoms with Crippen LogP contribution >= 0.6 is 0 Å². The van der Waals surface area contributed by atoms with Crippen LogP contribution in [0.25, 0.3) is 0 Å². The van der Waals surface area contributed by atoms with Crippen LogP contribution < -0.4 is 10.1 Å². The molecule has 2 nitrogen and oxygen atoms in total. The Hall–Kier alpha value is -1.32. The van der Waals surface area contributed by atoms with Crippen LogP contribution in [0.1, 0.15) is 45.4 Å². The summed E-state index contributed by atoms with van der Waals surface area (Å²) in [6.45, 7) is -0.518. The number of halogens is 2. The molecular weight excluding hydrogens is 260 g/mol. The molecule has 0 atom stereocenters. The lowest BCUT2D eigenvalue weighted by molar-refractivity contribution is -0.0498. The van der Waals surface area contributed by atoms with Crippen molar-refractivity contribution in [3.8, 4) is 5.75 Å². The van der Waals surface area contributed by atoms with Crippen LogP contribution in [0.5, 0.6) is 5.75 Å². The maximum atomic E-state index is 12.1. The Morgan fingerprint density at radius 3 is 2.35 bits per heavy atom. The highest BCUT2D eigenvalue weighted by atomic mass is 19.3. The number of hydrogen-bond donors (Lipinski definition) is 1. The van der Waals surface area contributed by atoms with Crippen molar-refractivity contribution in [1.82, 2.24) is 0 Å². The summed E-state index contributed by atoms with van der Waals surface area (Å²) in [4.78, 5) is 0. The van der Waals surface area contributed by atoms with E-state index in [1.807, 2.05) is 0 Å². The minimum atomic E-state index is -2.76. The average Bonchev–Trinajstić information content (AvgIpc) is 2.43. The van der Waals surface area contributed by atoms with Crippen LogP contribution in [0.2, 0.25) is 0 Å². The van der Waals surface area contributed by atoms with Crippen LogP contribution in [0.4, 0.5) is 14.5 Å². The van der Waals surface area contributed by atoms with E-state index in [0.717, 1.165) is 11.6 Å². The molecule has 0 bridgehead atoms. The number of anilines is 1. The predicted octanol–water partition coefficient (Wildman–Crippen LogP) is 5.06. The van der Waals surface area contributed by atoms with E-state index in [4.69, 9.17) is 0 Å². The summed E-state index contributed by atoms with van der Waals surface area (Å²) in [7, 11) is 0.